The molecule has 0 unspecified atom stereocenters. The van der Waals surface area contributed by atoms with Crippen molar-refractivity contribution in [1.82, 2.24) is 30.1 Å². The number of benzene rings is 3. The van der Waals surface area contributed by atoms with Crippen LogP contribution in [0.1, 0.15) is 22.4 Å². The number of halogens is 4. The van der Waals surface area contributed by atoms with E-state index in [4.69, 9.17) is 5.26 Å². The summed E-state index contributed by atoms with van der Waals surface area (Å²) in [5, 5.41) is 30.6. The minimum Gasteiger partial charge on any atom is -0.377 e. The Morgan fingerprint density at radius 1 is 0.936 bits per heavy atom. The number of alkyl halides is 2. The molecule has 3 aromatic carbocycles. The summed E-state index contributed by atoms with van der Waals surface area (Å²) in [5.74, 6) is -6.58. The lowest BCUT2D eigenvalue weighted by Gasteiger charge is -2.36. The van der Waals surface area contributed by atoms with Crippen LogP contribution in [0.3, 0.4) is 0 Å². The predicted octanol–water partition coefficient (Wildman–Crippen LogP) is 4.41. The maximum atomic E-state index is 16.1. The monoisotopic (exact) mass is 642 g/mol. The summed E-state index contributed by atoms with van der Waals surface area (Å²) in [6.45, 7) is 0.805. The minimum absolute atomic E-state index is 0.0361. The third-order valence-electron chi connectivity index (χ3n) is 8.10. The summed E-state index contributed by atoms with van der Waals surface area (Å²) in [5.41, 5.74) is -1.48. The average molecular weight is 643 g/mol. The van der Waals surface area contributed by atoms with Gasteiger partial charge in [0.1, 0.15) is 23.7 Å². The fraction of sp³-hybridized carbons (Fsp3) is 0.212. The van der Waals surface area contributed by atoms with Crippen molar-refractivity contribution in [3.8, 4) is 17.2 Å². The summed E-state index contributed by atoms with van der Waals surface area (Å²) in [7, 11) is 0. The normalized spacial score (nSPS) is 14.9. The second kappa shape index (κ2) is 12.6. The van der Waals surface area contributed by atoms with E-state index in [1.807, 2.05) is 29.2 Å². The molecule has 6 rings (SSSR count). The number of rotatable bonds is 9. The number of aromatic nitrogens is 5. The van der Waals surface area contributed by atoms with Crippen LogP contribution in [0, 0.1) is 23.0 Å². The Bertz CT molecular complexity index is 1910. The van der Waals surface area contributed by atoms with Gasteiger partial charge in [-0.2, -0.15) is 14.0 Å². The number of hydrogen-bond acceptors (Lipinski definition) is 8. The van der Waals surface area contributed by atoms with Gasteiger partial charge in [-0.25, -0.2) is 13.5 Å². The second-order valence-electron chi connectivity index (χ2n) is 11.1. The van der Waals surface area contributed by atoms with Gasteiger partial charge in [0.25, 0.3) is 0 Å². The van der Waals surface area contributed by atoms with Gasteiger partial charge in [-0.15, -0.1) is 5.10 Å². The number of pyridine rings is 1. The number of carbonyl (C=O) groups excluding carboxylic acids is 1. The molecule has 5 aromatic rings. The number of piperazine rings is 1. The smallest absolute Gasteiger partial charge is 0.323 e. The topological polar surface area (TPSA) is 124 Å². The zero-order valence-corrected chi connectivity index (χ0v) is 24.6. The third kappa shape index (κ3) is 6.25. The van der Waals surface area contributed by atoms with Crippen molar-refractivity contribution in [1.29, 1.82) is 5.26 Å². The summed E-state index contributed by atoms with van der Waals surface area (Å²) >= 11 is 0. The molecule has 0 bridgehead atoms. The molecule has 1 saturated heterocycles. The van der Waals surface area contributed by atoms with Crippen LogP contribution in [0.15, 0.2) is 91.4 Å². The number of aliphatic hydroxyl groups is 1. The van der Waals surface area contributed by atoms with Gasteiger partial charge in [0, 0.05) is 48.7 Å². The van der Waals surface area contributed by atoms with Crippen molar-refractivity contribution in [3.63, 3.8) is 0 Å². The van der Waals surface area contributed by atoms with Crippen molar-refractivity contribution < 1.29 is 27.5 Å². The molecule has 3 heterocycles. The summed E-state index contributed by atoms with van der Waals surface area (Å²) < 4.78 is 61.3. The van der Waals surface area contributed by atoms with Crippen molar-refractivity contribution in [2.45, 2.75) is 24.6 Å². The lowest BCUT2D eigenvalue weighted by Crippen LogP contribution is -2.50. The largest absolute Gasteiger partial charge is 0.377 e. The standard InChI is InChI=1S/C33H26F4N8O2/c34-26-8-11-28(29(35)15-26)32(47,20-45-21-40-41-42-45)33(36,37)30-12-7-25(17-39-30)24-5-9-27(10-6-24)43-13-14-44(31(46)19-43)18-23-3-1-22(16-38)2-4-23/h1-12,15,17,21,47H,13-14,18-20H2/t32-/m0/s1. The Balaban J connectivity index is 1.16. The number of amides is 1. The average Bonchev–Trinajstić information content (AvgIpc) is 3.59. The SMILES string of the molecule is N#Cc1ccc(CN2CCN(c3ccc(-c4ccc(C(F)(F)[C@](O)(Cn5cnnn5)c5ccc(F)cc5F)nc4)cc3)CC2=O)cc1. The number of nitriles is 1. The highest BCUT2D eigenvalue weighted by Crippen LogP contribution is 2.47. The predicted molar refractivity (Wildman–Crippen MR) is 160 cm³/mol. The van der Waals surface area contributed by atoms with Crippen LogP contribution in [0.5, 0.6) is 0 Å². The summed E-state index contributed by atoms with van der Waals surface area (Å²) in [6.07, 6.45) is 2.19. The van der Waals surface area contributed by atoms with Crippen molar-refractivity contribution in [2.24, 2.45) is 0 Å². The van der Waals surface area contributed by atoms with E-state index >= 15 is 8.78 Å². The fourth-order valence-electron chi connectivity index (χ4n) is 5.49. The molecule has 1 N–H and O–H groups in total. The highest BCUT2D eigenvalue weighted by Gasteiger charge is 2.58. The number of anilines is 1. The van der Waals surface area contributed by atoms with Gasteiger partial charge in [0.2, 0.25) is 5.91 Å². The van der Waals surface area contributed by atoms with Gasteiger partial charge >= 0.3 is 5.92 Å². The zero-order chi connectivity index (χ0) is 33.2. The molecular formula is C33H26F4N8O2. The number of tetrazole rings is 1. The molecule has 14 heteroatoms. The van der Waals surface area contributed by atoms with Crippen molar-refractivity contribution in [2.75, 3.05) is 24.5 Å². The molecule has 0 radical (unpaired) electrons. The quantitative estimate of drug-likeness (QED) is 0.235. The molecule has 1 aliphatic heterocycles. The first-order valence-electron chi connectivity index (χ1n) is 14.4. The van der Waals surface area contributed by atoms with Gasteiger partial charge in [-0.3, -0.25) is 9.78 Å². The fourth-order valence-corrected chi connectivity index (χ4v) is 5.49. The molecular weight excluding hydrogens is 616 g/mol. The maximum Gasteiger partial charge on any atom is 0.323 e. The molecule has 238 valence electrons. The molecule has 0 saturated carbocycles. The number of nitrogens with zero attached hydrogens (tertiary/aromatic N) is 8. The molecule has 1 atom stereocenters. The van der Waals surface area contributed by atoms with Gasteiger partial charge in [-0.05, 0) is 64.0 Å². The molecule has 47 heavy (non-hydrogen) atoms. The van der Waals surface area contributed by atoms with Crippen molar-refractivity contribution >= 4 is 11.6 Å². The van der Waals surface area contributed by atoms with Crippen LogP contribution in [-0.4, -0.2) is 60.7 Å². The summed E-state index contributed by atoms with van der Waals surface area (Å²) in [6, 6.07) is 20.7. The highest BCUT2D eigenvalue weighted by atomic mass is 19.3. The van der Waals surface area contributed by atoms with E-state index < -0.39 is 41.0 Å². The first kappa shape index (κ1) is 31.3. The van der Waals surface area contributed by atoms with E-state index in [9.17, 15) is 18.7 Å². The van der Waals surface area contributed by atoms with Crippen LogP contribution in [-0.2, 0) is 29.4 Å². The van der Waals surface area contributed by atoms with Crippen LogP contribution < -0.4 is 4.90 Å². The zero-order valence-electron chi connectivity index (χ0n) is 24.6. The molecule has 1 fully saturated rings. The van der Waals surface area contributed by atoms with Gasteiger partial charge in [-0.1, -0.05) is 30.3 Å². The van der Waals surface area contributed by atoms with Crippen LogP contribution in [0.25, 0.3) is 11.1 Å². The minimum atomic E-state index is -4.17. The van der Waals surface area contributed by atoms with Crippen molar-refractivity contribution in [3.05, 3.63) is 125 Å². The Hall–Kier alpha value is -5.68. The Morgan fingerprint density at radius 3 is 2.30 bits per heavy atom. The molecule has 0 aliphatic carbocycles. The van der Waals surface area contributed by atoms with Gasteiger partial charge < -0.3 is 14.9 Å². The van der Waals surface area contributed by atoms with Gasteiger partial charge in [0.15, 0.2) is 5.60 Å². The molecule has 2 aromatic heterocycles. The van der Waals surface area contributed by atoms with E-state index in [0.29, 0.717) is 42.4 Å². The molecule has 1 amide bonds. The summed E-state index contributed by atoms with van der Waals surface area (Å²) in [4.78, 5) is 20.5. The highest BCUT2D eigenvalue weighted by molar-refractivity contribution is 5.83. The van der Waals surface area contributed by atoms with Crippen LogP contribution in [0.4, 0.5) is 23.2 Å². The Kier molecular flexibility index (Phi) is 8.40. The molecule has 10 nitrogen and oxygen atoms in total. The Morgan fingerprint density at radius 2 is 1.68 bits per heavy atom. The molecule has 0 spiro atoms. The Labute approximate surface area is 266 Å². The lowest BCUT2D eigenvalue weighted by molar-refractivity contribution is -0.207. The van der Waals surface area contributed by atoms with Gasteiger partial charge in [0.05, 0.1) is 24.7 Å². The number of hydrogen-bond donors (Lipinski definition) is 1. The first-order valence-corrected chi connectivity index (χ1v) is 14.4. The number of carbonyl (C=O) groups is 1. The van der Waals surface area contributed by atoms with E-state index in [1.165, 1.54) is 12.3 Å². The van der Waals surface area contributed by atoms with E-state index in [-0.39, 0.29) is 12.5 Å². The van der Waals surface area contributed by atoms with E-state index in [0.717, 1.165) is 40.5 Å². The lowest BCUT2D eigenvalue weighted by atomic mass is 9.84. The van der Waals surface area contributed by atoms with E-state index in [1.54, 1.807) is 29.2 Å². The maximum absolute atomic E-state index is 16.1. The first-order chi connectivity index (χ1) is 22.6. The third-order valence-corrected chi connectivity index (χ3v) is 8.10. The van der Waals surface area contributed by atoms with Crippen LogP contribution in [0.2, 0.25) is 0 Å². The second-order valence-corrected chi connectivity index (χ2v) is 11.1. The molecule has 1 aliphatic rings. The van der Waals surface area contributed by atoms with Crippen LogP contribution >= 0.6 is 0 Å². The van der Waals surface area contributed by atoms with E-state index in [2.05, 4.69) is 26.6 Å².